The molecule has 0 amide bonds. The maximum absolute atomic E-state index is 11.2. The van der Waals surface area contributed by atoms with Gasteiger partial charge in [0.2, 0.25) is 0 Å². The molecule has 1 aliphatic carbocycles. The summed E-state index contributed by atoms with van der Waals surface area (Å²) in [6, 6.07) is 0. The van der Waals surface area contributed by atoms with Gasteiger partial charge in [0, 0.05) is 5.92 Å². The Kier molecular flexibility index (Phi) is 2.77. The van der Waals surface area contributed by atoms with Gasteiger partial charge in [-0.15, -0.1) is 5.10 Å². The smallest absolute Gasteiger partial charge is 0.310 e. The molecule has 6 nitrogen and oxygen atoms in total. The fourth-order valence-corrected chi connectivity index (χ4v) is 2.81. The maximum atomic E-state index is 11.2. The Morgan fingerprint density at radius 1 is 1.32 bits per heavy atom. The molecule has 106 valence electrons. The maximum Gasteiger partial charge on any atom is 0.310 e. The van der Waals surface area contributed by atoms with Crippen molar-refractivity contribution >= 4 is 5.97 Å². The molecular weight excluding hydrogens is 244 g/mol. The Balaban J connectivity index is 2.29. The third-order valence-electron chi connectivity index (χ3n) is 4.96. The Morgan fingerprint density at radius 3 is 2.26 bits per heavy atom. The highest BCUT2D eigenvalue weighted by molar-refractivity contribution is 5.73. The van der Waals surface area contributed by atoms with Crippen LogP contribution in [0, 0.1) is 16.2 Å². The fourth-order valence-electron chi connectivity index (χ4n) is 2.81. The number of hydrogen-bond donors (Lipinski definition) is 1. The molecule has 1 fully saturated rings. The molecule has 0 radical (unpaired) electrons. The van der Waals surface area contributed by atoms with E-state index in [1.54, 1.807) is 18.5 Å². The van der Waals surface area contributed by atoms with Gasteiger partial charge in [0.25, 0.3) is 0 Å². The van der Waals surface area contributed by atoms with E-state index in [1.165, 1.54) is 0 Å². The van der Waals surface area contributed by atoms with Gasteiger partial charge in [-0.3, -0.25) is 4.79 Å². The SMILES string of the molecule is CC(C)(Cn1nnnc1C1C(C)(C)C1(C)C)C(=O)O. The van der Waals surface area contributed by atoms with Crippen LogP contribution in [-0.2, 0) is 11.3 Å². The number of carboxylic acid groups (broad SMARTS) is 1. The molecule has 1 saturated carbocycles. The monoisotopic (exact) mass is 266 g/mol. The van der Waals surface area contributed by atoms with Gasteiger partial charge in [-0.2, -0.15) is 0 Å². The van der Waals surface area contributed by atoms with E-state index < -0.39 is 11.4 Å². The first kappa shape index (κ1) is 14.0. The zero-order valence-corrected chi connectivity index (χ0v) is 12.4. The van der Waals surface area contributed by atoms with E-state index in [4.69, 9.17) is 0 Å². The van der Waals surface area contributed by atoms with E-state index >= 15 is 0 Å². The second-order valence-electron chi connectivity index (χ2n) is 7.26. The van der Waals surface area contributed by atoms with Crippen molar-refractivity contribution in [2.75, 3.05) is 0 Å². The minimum atomic E-state index is -0.882. The van der Waals surface area contributed by atoms with Gasteiger partial charge in [-0.25, -0.2) is 4.68 Å². The van der Waals surface area contributed by atoms with Crippen molar-refractivity contribution in [3.63, 3.8) is 0 Å². The number of nitrogens with zero attached hydrogens (tertiary/aromatic N) is 4. The second kappa shape index (κ2) is 3.77. The molecular formula is C13H22N4O2. The molecule has 0 aliphatic heterocycles. The van der Waals surface area contributed by atoms with Crippen molar-refractivity contribution in [1.29, 1.82) is 0 Å². The summed E-state index contributed by atoms with van der Waals surface area (Å²) in [6.07, 6.45) is 0. The largest absolute Gasteiger partial charge is 0.481 e. The van der Waals surface area contributed by atoms with Crippen LogP contribution in [0.1, 0.15) is 53.3 Å². The lowest BCUT2D eigenvalue weighted by Crippen LogP contribution is -2.30. The highest BCUT2D eigenvalue weighted by Crippen LogP contribution is 2.73. The molecule has 1 heterocycles. The van der Waals surface area contributed by atoms with E-state index in [1.807, 2.05) is 0 Å². The van der Waals surface area contributed by atoms with Crippen LogP contribution in [0.3, 0.4) is 0 Å². The van der Waals surface area contributed by atoms with E-state index in [0.717, 1.165) is 5.82 Å². The first-order valence-corrected chi connectivity index (χ1v) is 6.51. The van der Waals surface area contributed by atoms with Gasteiger partial charge in [0.15, 0.2) is 5.82 Å². The van der Waals surface area contributed by atoms with E-state index in [9.17, 15) is 9.90 Å². The van der Waals surface area contributed by atoms with Gasteiger partial charge in [-0.1, -0.05) is 27.7 Å². The lowest BCUT2D eigenvalue weighted by atomic mass is 9.94. The molecule has 1 N–H and O–H groups in total. The third kappa shape index (κ3) is 1.93. The van der Waals surface area contributed by atoms with E-state index in [0.29, 0.717) is 0 Å². The average molecular weight is 266 g/mol. The zero-order chi connectivity index (χ0) is 14.6. The van der Waals surface area contributed by atoms with Gasteiger partial charge in [0.05, 0.1) is 12.0 Å². The van der Waals surface area contributed by atoms with Crippen LogP contribution in [0.15, 0.2) is 0 Å². The highest BCUT2D eigenvalue weighted by Gasteiger charge is 2.67. The number of hydrogen-bond acceptors (Lipinski definition) is 4. The van der Waals surface area contributed by atoms with E-state index in [-0.39, 0.29) is 23.3 Å². The Hall–Kier alpha value is -1.46. The zero-order valence-electron chi connectivity index (χ0n) is 12.4. The predicted molar refractivity (Wildman–Crippen MR) is 69.5 cm³/mol. The minimum Gasteiger partial charge on any atom is -0.481 e. The molecule has 0 bridgehead atoms. The van der Waals surface area contributed by atoms with Gasteiger partial charge in [0.1, 0.15) is 0 Å². The van der Waals surface area contributed by atoms with Crippen LogP contribution in [0.5, 0.6) is 0 Å². The standard InChI is InChI=1S/C13H22N4O2/c1-11(2,10(18)19)7-17-9(14-15-16-17)8-12(3,4)13(8,5)6/h8H,7H2,1-6H3,(H,18,19). The lowest BCUT2D eigenvalue weighted by molar-refractivity contribution is -0.147. The third-order valence-corrected chi connectivity index (χ3v) is 4.96. The first-order valence-electron chi connectivity index (χ1n) is 6.51. The van der Waals surface area contributed by atoms with E-state index in [2.05, 4.69) is 43.2 Å². The van der Waals surface area contributed by atoms with Gasteiger partial charge in [-0.05, 0) is 35.1 Å². The van der Waals surface area contributed by atoms with Crippen molar-refractivity contribution in [3.8, 4) is 0 Å². The molecule has 1 aliphatic rings. The summed E-state index contributed by atoms with van der Waals surface area (Å²) in [5.74, 6) is 0.215. The lowest BCUT2D eigenvalue weighted by Gasteiger charge is -2.19. The molecule has 0 atom stereocenters. The number of aromatic nitrogens is 4. The van der Waals surface area contributed by atoms with Crippen molar-refractivity contribution < 1.29 is 9.90 Å². The van der Waals surface area contributed by atoms with Crippen LogP contribution in [0.25, 0.3) is 0 Å². The Bertz CT molecular complexity index is 502. The summed E-state index contributed by atoms with van der Waals surface area (Å²) in [5.41, 5.74) is -0.618. The van der Waals surface area contributed by atoms with Crippen LogP contribution in [-0.4, -0.2) is 31.3 Å². The quantitative estimate of drug-likeness (QED) is 0.900. The summed E-state index contributed by atoms with van der Waals surface area (Å²) >= 11 is 0. The van der Waals surface area contributed by atoms with Crippen molar-refractivity contribution in [3.05, 3.63) is 5.82 Å². The van der Waals surface area contributed by atoms with Crippen LogP contribution in [0.2, 0.25) is 0 Å². The molecule has 0 aromatic carbocycles. The van der Waals surface area contributed by atoms with Crippen LogP contribution < -0.4 is 0 Å². The molecule has 0 spiro atoms. The fraction of sp³-hybridized carbons (Fsp3) is 0.846. The molecule has 1 aromatic heterocycles. The van der Waals surface area contributed by atoms with Crippen molar-refractivity contribution in [1.82, 2.24) is 20.2 Å². The second-order valence-corrected chi connectivity index (χ2v) is 7.26. The van der Waals surface area contributed by atoms with Gasteiger partial charge < -0.3 is 5.11 Å². The van der Waals surface area contributed by atoms with Crippen LogP contribution in [0.4, 0.5) is 0 Å². The average Bonchev–Trinajstić information content (AvgIpc) is 2.59. The van der Waals surface area contributed by atoms with Gasteiger partial charge >= 0.3 is 5.97 Å². The number of carbonyl (C=O) groups is 1. The summed E-state index contributed by atoms with van der Waals surface area (Å²) in [7, 11) is 0. The molecule has 2 rings (SSSR count). The number of tetrazole rings is 1. The number of aliphatic carboxylic acids is 1. The highest BCUT2D eigenvalue weighted by atomic mass is 16.4. The molecule has 0 unspecified atom stereocenters. The summed E-state index contributed by atoms with van der Waals surface area (Å²) in [6.45, 7) is 12.4. The Labute approximate surface area is 113 Å². The molecule has 1 aromatic rings. The first-order chi connectivity index (χ1) is 8.52. The Morgan fingerprint density at radius 2 is 1.84 bits per heavy atom. The minimum absolute atomic E-state index is 0.132. The number of rotatable bonds is 4. The summed E-state index contributed by atoms with van der Waals surface area (Å²) in [5, 5.41) is 21.0. The number of carboxylic acids is 1. The summed E-state index contributed by atoms with van der Waals surface area (Å²) < 4.78 is 1.65. The van der Waals surface area contributed by atoms with Crippen molar-refractivity contribution in [2.45, 2.75) is 54.0 Å². The molecule has 0 saturated heterocycles. The predicted octanol–water partition coefficient (Wildman–Crippen LogP) is 1.93. The van der Waals surface area contributed by atoms with Crippen molar-refractivity contribution in [2.24, 2.45) is 16.2 Å². The van der Waals surface area contributed by atoms with Crippen LogP contribution >= 0.6 is 0 Å². The molecule has 19 heavy (non-hydrogen) atoms. The molecule has 6 heteroatoms. The summed E-state index contributed by atoms with van der Waals surface area (Å²) in [4.78, 5) is 11.2. The normalized spacial score (nSPS) is 21.4. The topological polar surface area (TPSA) is 80.9 Å².